The Labute approximate surface area is 158 Å². The van der Waals surface area contributed by atoms with E-state index < -0.39 is 0 Å². The van der Waals surface area contributed by atoms with E-state index >= 15 is 0 Å². The molecular weight excluding hydrogens is 344 g/mol. The molecule has 144 valence electrons. The molecule has 2 aromatic rings. The summed E-state index contributed by atoms with van der Waals surface area (Å²) in [4.78, 5) is 26.8. The average Bonchev–Trinajstić information content (AvgIpc) is 3.36. The number of amides is 1. The zero-order valence-electron chi connectivity index (χ0n) is 15.5. The van der Waals surface area contributed by atoms with Crippen molar-refractivity contribution in [2.24, 2.45) is 0 Å². The molecule has 4 rings (SSSR count). The van der Waals surface area contributed by atoms with E-state index in [0.29, 0.717) is 18.8 Å². The van der Waals surface area contributed by atoms with Crippen LogP contribution in [0.2, 0.25) is 0 Å². The summed E-state index contributed by atoms with van der Waals surface area (Å²) in [5.74, 6) is -0.130. The number of nitrogens with one attached hydrogen (secondary N) is 2. The first kappa shape index (κ1) is 17.9. The zero-order chi connectivity index (χ0) is 18.6. The maximum atomic E-state index is 12.3. The lowest BCUT2D eigenvalue weighted by Gasteiger charge is -2.35. The largest absolute Gasteiger partial charge is 0.349 e. The van der Waals surface area contributed by atoms with Crippen LogP contribution in [-0.4, -0.2) is 56.5 Å². The molecule has 0 saturated carbocycles. The van der Waals surface area contributed by atoms with Crippen LogP contribution in [0.3, 0.4) is 0 Å². The standard InChI is InChI=1S/C19H26N6O2/c26-18-12-14-4-3-6-16(14)23-25(18)11-10-24-9-2-1-5-15(24)13-20-19(27)17-7-8-21-22-17/h7-8,12,15H,1-6,9-11,13H2,(H,20,27)(H,21,22). The highest BCUT2D eigenvalue weighted by atomic mass is 16.2. The highest BCUT2D eigenvalue weighted by Gasteiger charge is 2.23. The number of carbonyl (C=O) groups is 1. The summed E-state index contributed by atoms with van der Waals surface area (Å²) in [5.41, 5.74) is 2.67. The van der Waals surface area contributed by atoms with Crippen molar-refractivity contribution in [3.63, 3.8) is 0 Å². The van der Waals surface area contributed by atoms with Crippen molar-refractivity contribution in [3.05, 3.63) is 45.6 Å². The van der Waals surface area contributed by atoms with Gasteiger partial charge in [-0.15, -0.1) is 0 Å². The molecule has 8 nitrogen and oxygen atoms in total. The molecule has 1 saturated heterocycles. The van der Waals surface area contributed by atoms with Gasteiger partial charge in [-0.05, 0) is 50.3 Å². The molecule has 1 atom stereocenters. The topological polar surface area (TPSA) is 95.9 Å². The van der Waals surface area contributed by atoms with Crippen molar-refractivity contribution in [2.75, 3.05) is 19.6 Å². The molecule has 3 heterocycles. The fraction of sp³-hybridized carbons (Fsp3) is 0.579. The molecule has 0 bridgehead atoms. The van der Waals surface area contributed by atoms with E-state index in [-0.39, 0.29) is 17.5 Å². The SMILES string of the molecule is O=C(NCC1CCCCN1CCn1nc2c(cc1=O)CCC2)c1ccn[nH]1. The van der Waals surface area contributed by atoms with Crippen LogP contribution < -0.4 is 10.9 Å². The van der Waals surface area contributed by atoms with Crippen LogP contribution in [-0.2, 0) is 19.4 Å². The van der Waals surface area contributed by atoms with Gasteiger partial charge < -0.3 is 5.32 Å². The van der Waals surface area contributed by atoms with Gasteiger partial charge in [0.1, 0.15) is 5.69 Å². The number of aromatic nitrogens is 4. The first-order valence-electron chi connectivity index (χ1n) is 9.82. The molecule has 1 aliphatic carbocycles. The van der Waals surface area contributed by atoms with E-state index in [4.69, 9.17) is 0 Å². The summed E-state index contributed by atoms with van der Waals surface area (Å²) in [5, 5.41) is 14.1. The smallest absolute Gasteiger partial charge is 0.269 e. The minimum absolute atomic E-state index is 0.00300. The number of H-pyrrole nitrogens is 1. The summed E-state index contributed by atoms with van der Waals surface area (Å²) >= 11 is 0. The molecule has 0 aromatic carbocycles. The van der Waals surface area contributed by atoms with Crippen LogP contribution in [0.5, 0.6) is 0 Å². The van der Waals surface area contributed by atoms with E-state index in [1.807, 2.05) is 0 Å². The molecular formula is C19H26N6O2. The van der Waals surface area contributed by atoms with Crippen molar-refractivity contribution in [3.8, 4) is 0 Å². The van der Waals surface area contributed by atoms with Crippen LogP contribution >= 0.6 is 0 Å². The first-order valence-corrected chi connectivity index (χ1v) is 9.82. The average molecular weight is 370 g/mol. The molecule has 1 aliphatic heterocycles. The summed E-state index contributed by atoms with van der Waals surface area (Å²) in [6.45, 7) is 2.96. The van der Waals surface area contributed by atoms with Crippen molar-refractivity contribution in [1.29, 1.82) is 0 Å². The number of carbonyl (C=O) groups excluding carboxylic acids is 1. The predicted molar refractivity (Wildman–Crippen MR) is 101 cm³/mol. The molecule has 8 heteroatoms. The number of hydrogen-bond donors (Lipinski definition) is 2. The fourth-order valence-corrected chi connectivity index (χ4v) is 4.10. The molecule has 2 N–H and O–H groups in total. The van der Waals surface area contributed by atoms with Crippen molar-refractivity contribution in [2.45, 2.75) is 51.1 Å². The van der Waals surface area contributed by atoms with Crippen LogP contribution in [0.25, 0.3) is 0 Å². The van der Waals surface area contributed by atoms with Crippen LogP contribution in [0.4, 0.5) is 0 Å². The lowest BCUT2D eigenvalue weighted by atomic mass is 10.0. The van der Waals surface area contributed by atoms with Gasteiger partial charge in [-0.3, -0.25) is 19.6 Å². The molecule has 1 amide bonds. The Morgan fingerprint density at radius 1 is 1.26 bits per heavy atom. The van der Waals surface area contributed by atoms with Crippen LogP contribution in [0, 0.1) is 0 Å². The lowest BCUT2D eigenvalue weighted by molar-refractivity contribution is 0.0904. The van der Waals surface area contributed by atoms with Gasteiger partial charge in [-0.25, -0.2) is 4.68 Å². The van der Waals surface area contributed by atoms with Crippen molar-refractivity contribution in [1.82, 2.24) is 30.2 Å². The molecule has 0 spiro atoms. The number of hydrogen-bond acceptors (Lipinski definition) is 5. The molecule has 27 heavy (non-hydrogen) atoms. The Morgan fingerprint density at radius 2 is 2.19 bits per heavy atom. The van der Waals surface area contributed by atoms with Gasteiger partial charge in [0.05, 0.1) is 12.2 Å². The number of nitrogens with zero attached hydrogens (tertiary/aromatic N) is 4. The summed E-state index contributed by atoms with van der Waals surface area (Å²) in [6.07, 6.45) is 7.98. The second kappa shape index (κ2) is 8.04. The quantitative estimate of drug-likeness (QED) is 0.782. The van der Waals surface area contributed by atoms with Gasteiger partial charge in [0.15, 0.2) is 0 Å². The number of likely N-dealkylation sites (tertiary alicyclic amines) is 1. The molecule has 1 unspecified atom stereocenters. The van der Waals surface area contributed by atoms with Gasteiger partial charge in [-0.2, -0.15) is 10.2 Å². The van der Waals surface area contributed by atoms with Crippen molar-refractivity contribution < 1.29 is 4.79 Å². The first-order chi connectivity index (χ1) is 13.2. The lowest BCUT2D eigenvalue weighted by Crippen LogP contribution is -2.48. The second-order valence-electron chi connectivity index (χ2n) is 7.40. The van der Waals surface area contributed by atoms with E-state index in [2.05, 4.69) is 25.5 Å². The zero-order valence-corrected chi connectivity index (χ0v) is 15.5. The Kier molecular flexibility index (Phi) is 5.33. The van der Waals surface area contributed by atoms with Gasteiger partial charge >= 0.3 is 0 Å². The predicted octanol–water partition coefficient (Wildman–Crippen LogP) is 0.740. The van der Waals surface area contributed by atoms with Gasteiger partial charge in [0.25, 0.3) is 11.5 Å². The van der Waals surface area contributed by atoms with E-state index in [1.165, 1.54) is 0 Å². The Hall–Kier alpha value is -2.48. The molecule has 0 radical (unpaired) electrons. The van der Waals surface area contributed by atoms with E-state index in [9.17, 15) is 9.59 Å². The summed E-state index contributed by atoms with van der Waals surface area (Å²) in [6, 6.07) is 3.71. The number of fused-ring (bicyclic) bond motifs is 1. The second-order valence-corrected chi connectivity index (χ2v) is 7.40. The normalized spacial score (nSPS) is 19.8. The summed E-state index contributed by atoms with van der Waals surface area (Å²) in [7, 11) is 0. The highest BCUT2D eigenvalue weighted by molar-refractivity contribution is 5.92. The minimum Gasteiger partial charge on any atom is -0.349 e. The monoisotopic (exact) mass is 370 g/mol. The molecule has 1 fully saturated rings. The van der Waals surface area contributed by atoms with Crippen LogP contribution in [0.1, 0.15) is 47.4 Å². The van der Waals surface area contributed by atoms with Crippen LogP contribution in [0.15, 0.2) is 23.1 Å². The number of aryl methyl sites for hydroxylation is 2. The number of aromatic amines is 1. The Balaban J connectivity index is 1.35. The Bertz CT molecular complexity index is 844. The fourth-order valence-electron chi connectivity index (χ4n) is 4.10. The highest BCUT2D eigenvalue weighted by Crippen LogP contribution is 2.18. The van der Waals surface area contributed by atoms with Gasteiger partial charge in [0.2, 0.25) is 0 Å². The third kappa shape index (κ3) is 4.10. The minimum atomic E-state index is -0.130. The van der Waals surface area contributed by atoms with Gasteiger partial charge in [0, 0.05) is 31.4 Å². The third-order valence-corrected chi connectivity index (χ3v) is 5.62. The summed E-state index contributed by atoms with van der Waals surface area (Å²) < 4.78 is 1.61. The number of piperidine rings is 1. The third-order valence-electron chi connectivity index (χ3n) is 5.62. The van der Waals surface area contributed by atoms with E-state index in [1.54, 1.807) is 23.0 Å². The van der Waals surface area contributed by atoms with Gasteiger partial charge in [-0.1, -0.05) is 6.42 Å². The van der Waals surface area contributed by atoms with E-state index in [0.717, 1.165) is 62.9 Å². The maximum absolute atomic E-state index is 12.3. The number of rotatable bonds is 6. The maximum Gasteiger partial charge on any atom is 0.269 e. The molecule has 2 aromatic heterocycles. The van der Waals surface area contributed by atoms with Crippen molar-refractivity contribution >= 4 is 5.91 Å². The Morgan fingerprint density at radius 3 is 3.04 bits per heavy atom. The molecule has 2 aliphatic rings.